The minimum absolute atomic E-state index is 0.880. The minimum Gasteiger partial charge on any atom is -0.357 e. The van der Waals surface area contributed by atoms with Crippen molar-refractivity contribution < 1.29 is 0 Å². The molecule has 2 aromatic rings. The van der Waals surface area contributed by atoms with Crippen LogP contribution in [0.15, 0.2) is 22.7 Å². The van der Waals surface area contributed by atoms with Gasteiger partial charge in [-0.2, -0.15) is 0 Å². The van der Waals surface area contributed by atoms with Crippen molar-refractivity contribution in [3.63, 3.8) is 0 Å². The van der Waals surface area contributed by atoms with Gasteiger partial charge in [-0.15, -0.1) is 0 Å². The van der Waals surface area contributed by atoms with Gasteiger partial charge in [0.05, 0.1) is 0 Å². The molecule has 0 bridgehead atoms. The van der Waals surface area contributed by atoms with Gasteiger partial charge >= 0.3 is 0 Å². The van der Waals surface area contributed by atoms with E-state index in [-0.39, 0.29) is 0 Å². The third kappa shape index (κ3) is 1.55. The number of aromatic nitrogens is 1. The van der Waals surface area contributed by atoms with Crippen LogP contribution in [0.3, 0.4) is 0 Å². The number of benzene rings is 1. The van der Waals surface area contributed by atoms with Crippen LogP contribution in [-0.4, -0.2) is 4.98 Å². The Morgan fingerprint density at radius 2 is 2.15 bits per heavy atom. The van der Waals surface area contributed by atoms with Crippen LogP contribution in [0.25, 0.3) is 10.9 Å². The normalized spacial score (nSPS) is 11.0. The zero-order chi connectivity index (χ0) is 9.42. The predicted molar refractivity (Wildman–Crippen MR) is 63.4 cm³/mol. The lowest BCUT2D eigenvalue weighted by atomic mass is 10.2. The number of H-pyrrole nitrogens is 1. The second-order valence-electron chi connectivity index (χ2n) is 3.05. The van der Waals surface area contributed by atoms with E-state index >= 15 is 0 Å². The standard InChI is InChI=1S/C10H9Br2N/c1-6-8-4-7(12)2-3-9(8)13-10(6)5-11/h2-4,13H,5H2,1H3. The Labute approximate surface area is 93.8 Å². The first-order valence-corrected chi connectivity index (χ1v) is 5.96. The number of fused-ring (bicyclic) bond motifs is 1. The van der Waals surface area contributed by atoms with Crippen molar-refractivity contribution >= 4 is 42.8 Å². The first-order chi connectivity index (χ1) is 6.22. The molecule has 0 aliphatic carbocycles. The molecular weight excluding hydrogens is 294 g/mol. The Balaban J connectivity index is 2.77. The summed E-state index contributed by atoms with van der Waals surface area (Å²) in [6.45, 7) is 2.14. The molecule has 0 saturated carbocycles. The van der Waals surface area contributed by atoms with Crippen LogP contribution >= 0.6 is 31.9 Å². The highest BCUT2D eigenvalue weighted by Crippen LogP contribution is 2.25. The van der Waals surface area contributed by atoms with E-state index in [0.29, 0.717) is 0 Å². The quantitative estimate of drug-likeness (QED) is 0.762. The summed E-state index contributed by atoms with van der Waals surface area (Å²) in [7, 11) is 0. The van der Waals surface area contributed by atoms with E-state index in [1.165, 1.54) is 22.2 Å². The molecule has 0 fully saturated rings. The number of nitrogens with one attached hydrogen (secondary N) is 1. The van der Waals surface area contributed by atoms with E-state index in [0.717, 1.165) is 9.80 Å². The fourth-order valence-corrected chi connectivity index (χ4v) is 2.41. The molecule has 68 valence electrons. The van der Waals surface area contributed by atoms with Crippen LogP contribution in [0, 0.1) is 6.92 Å². The summed E-state index contributed by atoms with van der Waals surface area (Å²) in [5, 5.41) is 2.18. The van der Waals surface area contributed by atoms with Gasteiger partial charge in [-0.25, -0.2) is 0 Å². The first kappa shape index (κ1) is 9.28. The summed E-state index contributed by atoms with van der Waals surface area (Å²) in [6.07, 6.45) is 0. The topological polar surface area (TPSA) is 15.8 Å². The van der Waals surface area contributed by atoms with Crippen molar-refractivity contribution in [2.45, 2.75) is 12.3 Å². The largest absolute Gasteiger partial charge is 0.357 e. The average Bonchev–Trinajstić information content (AvgIpc) is 2.44. The number of rotatable bonds is 1. The molecule has 0 saturated heterocycles. The Hall–Kier alpha value is -0.280. The summed E-state index contributed by atoms with van der Waals surface area (Å²) in [6, 6.07) is 6.29. The van der Waals surface area contributed by atoms with Crippen LogP contribution in [0.2, 0.25) is 0 Å². The van der Waals surface area contributed by atoms with Crippen molar-refractivity contribution in [1.82, 2.24) is 4.98 Å². The molecule has 0 radical (unpaired) electrons. The monoisotopic (exact) mass is 301 g/mol. The highest BCUT2D eigenvalue weighted by molar-refractivity contribution is 9.10. The number of aromatic amines is 1. The fraction of sp³-hybridized carbons (Fsp3) is 0.200. The summed E-state index contributed by atoms with van der Waals surface area (Å²) in [5.41, 5.74) is 3.79. The average molecular weight is 303 g/mol. The lowest BCUT2D eigenvalue weighted by Gasteiger charge is -1.92. The molecule has 0 unspecified atom stereocenters. The summed E-state index contributed by atoms with van der Waals surface area (Å²) >= 11 is 6.93. The molecule has 1 aromatic heterocycles. The fourth-order valence-electron chi connectivity index (χ4n) is 1.49. The second-order valence-corrected chi connectivity index (χ2v) is 4.53. The number of hydrogen-bond acceptors (Lipinski definition) is 0. The van der Waals surface area contributed by atoms with Crippen molar-refractivity contribution in [3.05, 3.63) is 33.9 Å². The minimum atomic E-state index is 0.880. The molecule has 1 aromatic carbocycles. The van der Waals surface area contributed by atoms with Gasteiger partial charge in [0.25, 0.3) is 0 Å². The van der Waals surface area contributed by atoms with Crippen LogP contribution in [0.4, 0.5) is 0 Å². The molecule has 2 rings (SSSR count). The zero-order valence-electron chi connectivity index (χ0n) is 7.20. The van der Waals surface area contributed by atoms with Gasteiger partial charge in [-0.1, -0.05) is 31.9 Å². The summed E-state index contributed by atoms with van der Waals surface area (Å²) in [4.78, 5) is 3.37. The van der Waals surface area contributed by atoms with E-state index < -0.39 is 0 Å². The highest BCUT2D eigenvalue weighted by atomic mass is 79.9. The van der Waals surface area contributed by atoms with Gasteiger partial charge in [0.15, 0.2) is 0 Å². The maximum absolute atomic E-state index is 3.47. The first-order valence-electron chi connectivity index (χ1n) is 4.05. The molecule has 0 amide bonds. The smallest absolute Gasteiger partial charge is 0.0459 e. The summed E-state index contributed by atoms with van der Waals surface area (Å²) < 4.78 is 1.13. The molecule has 1 nitrogen and oxygen atoms in total. The van der Waals surface area contributed by atoms with E-state index in [2.05, 4.69) is 62.0 Å². The Morgan fingerprint density at radius 1 is 1.38 bits per heavy atom. The van der Waals surface area contributed by atoms with E-state index in [1.54, 1.807) is 0 Å². The number of alkyl halides is 1. The Kier molecular flexibility index (Phi) is 2.47. The van der Waals surface area contributed by atoms with Gasteiger partial charge in [-0.05, 0) is 30.7 Å². The molecule has 0 atom stereocenters. The Bertz CT molecular complexity index is 445. The summed E-state index contributed by atoms with van der Waals surface area (Å²) in [5.74, 6) is 0. The molecule has 0 aliphatic heterocycles. The van der Waals surface area contributed by atoms with Crippen molar-refractivity contribution in [2.24, 2.45) is 0 Å². The van der Waals surface area contributed by atoms with Crippen LogP contribution in [0.5, 0.6) is 0 Å². The number of hydrogen-bond donors (Lipinski definition) is 1. The maximum Gasteiger partial charge on any atom is 0.0459 e. The molecule has 1 heterocycles. The third-order valence-electron chi connectivity index (χ3n) is 2.26. The van der Waals surface area contributed by atoms with Gasteiger partial charge in [0.1, 0.15) is 0 Å². The molecule has 1 N–H and O–H groups in total. The van der Waals surface area contributed by atoms with Crippen LogP contribution in [-0.2, 0) is 5.33 Å². The number of aryl methyl sites for hydroxylation is 1. The maximum atomic E-state index is 3.47. The third-order valence-corrected chi connectivity index (χ3v) is 3.31. The highest BCUT2D eigenvalue weighted by Gasteiger charge is 2.05. The lowest BCUT2D eigenvalue weighted by molar-refractivity contribution is 1.23. The lowest BCUT2D eigenvalue weighted by Crippen LogP contribution is -1.78. The number of halogens is 2. The molecule has 3 heteroatoms. The van der Waals surface area contributed by atoms with Gasteiger partial charge < -0.3 is 4.98 Å². The Morgan fingerprint density at radius 3 is 2.85 bits per heavy atom. The van der Waals surface area contributed by atoms with E-state index in [4.69, 9.17) is 0 Å². The van der Waals surface area contributed by atoms with Crippen LogP contribution in [0.1, 0.15) is 11.3 Å². The van der Waals surface area contributed by atoms with Crippen molar-refractivity contribution in [1.29, 1.82) is 0 Å². The van der Waals surface area contributed by atoms with Crippen LogP contribution < -0.4 is 0 Å². The SMILES string of the molecule is Cc1c(CBr)[nH]c2ccc(Br)cc12. The molecular formula is C10H9Br2N. The molecule has 13 heavy (non-hydrogen) atoms. The van der Waals surface area contributed by atoms with E-state index in [1.807, 2.05) is 0 Å². The van der Waals surface area contributed by atoms with Gasteiger partial charge in [0.2, 0.25) is 0 Å². The molecule has 0 aliphatic rings. The van der Waals surface area contributed by atoms with Gasteiger partial charge in [0, 0.05) is 26.4 Å². The zero-order valence-corrected chi connectivity index (χ0v) is 10.4. The predicted octanol–water partition coefficient (Wildman–Crippen LogP) is 4.13. The van der Waals surface area contributed by atoms with Crippen molar-refractivity contribution in [3.8, 4) is 0 Å². The van der Waals surface area contributed by atoms with Gasteiger partial charge in [-0.3, -0.25) is 0 Å². The second kappa shape index (κ2) is 3.46. The molecule has 0 spiro atoms. The van der Waals surface area contributed by atoms with E-state index in [9.17, 15) is 0 Å². The van der Waals surface area contributed by atoms with Crippen molar-refractivity contribution in [2.75, 3.05) is 0 Å².